The molecule has 1 aromatic carbocycles. The lowest BCUT2D eigenvalue weighted by Gasteiger charge is -2.35. The number of hydrogen-bond acceptors (Lipinski definition) is 4. The van der Waals surface area contributed by atoms with E-state index in [1.54, 1.807) is 0 Å². The van der Waals surface area contributed by atoms with Gasteiger partial charge in [0.05, 0.1) is 18.8 Å². The van der Waals surface area contributed by atoms with Crippen LogP contribution in [0.4, 0.5) is 0 Å². The van der Waals surface area contributed by atoms with E-state index in [1.165, 1.54) is 0 Å². The lowest BCUT2D eigenvalue weighted by molar-refractivity contribution is -0.190. The summed E-state index contributed by atoms with van der Waals surface area (Å²) in [6.45, 7) is 8.37. The van der Waals surface area contributed by atoms with Gasteiger partial charge < -0.3 is 14.2 Å². The zero-order valence-corrected chi connectivity index (χ0v) is 16.7. The van der Waals surface area contributed by atoms with E-state index in [9.17, 15) is 4.79 Å². The molecule has 4 nitrogen and oxygen atoms in total. The van der Waals surface area contributed by atoms with Crippen molar-refractivity contribution in [3.8, 4) is 0 Å². The highest BCUT2D eigenvalue weighted by Crippen LogP contribution is 2.28. The molecule has 0 amide bonds. The van der Waals surface area contributed by atoms with Gasteiger partial charge in [0, 0.05) is 0 Å². The Morgan fingerprint density at radius 1 is 1.15 bits per heavy atom. The van der Waals surface area contributed by atoms with Crippen LogP contribution in [0.25, 0.3) is 0 Å². The second-order valence-corrected chi connectivity index (χ2v) is 7.48. The molecule has 4 unspecified atom stereocenters. The number of esters is 1. The van der Waals surface area contributed by atoms with Crippen LogP contribution in [0.5, 0.6) is 0 Å². The third-order valence-corrected chi connectivity index (χ3v) is 5.39. The Kier molecular flexibility index (Phi) is 8.11. The topological polar surface area (TPSA) is 44.8 Å². The molecule has 0 saturated heterocycles. The molecule has 0 heterocycles. The van der Waals surface area contributed by atoms with E-state index >= 15 is 0 Å². The molecule has 1 aliphatic rings. The fourth-order valence-corrected chi connectivity index (χ4v) is 3.13. The van der Waals surface area contributed by atoms with Crippen molar-refractivity contribution in [2.75, 3.05) is 0 Å². The Balaban J connectivity index is 1.97. The maximum Gasteiger partial charge on any atom is 0.338 e. The molecule has 1 fully saturated rings. The van der Waals surface area contributed by atoms with Gasteiger partial charge in [-0.25, -0.2) is 4.79 Å². The van der Waals surface area contributed by atoms with Crippen LogP contribution in [0, 0.1) is 0 Å². The third kappa shape index (κ3) is 5.82. The normalized spacial score (nSPS) is 23.8. The summed E-state index contributed by atoms with van der Waals surface area (Å²) in [5, 5.41) is 0. The van der Waals surface area contributed by atoms with Crippen LogP contribution in [-0.2, 0) is 25.6 Å². The van der Waals surface area contributed by atoms with E-state index in [4.69, 9.17) is 14.2 Å². The van der Waals surface area contributed by atoms with E-state index in [0.29, 0.717) is 13.0 Å². The lowest BCUT2D eigenvalue weighted by atomic mass is 9.94. The second-order valence-electron chi connectivity index (χ2n) is 7.48. The van der Waals surface area contributed by atoms with E-state index in [-0.39, 0.29) is 24.3 Å². The molecule has 0 aliphatic heterocycles. The fourth-order valence-electron chi connectivity index (χ4n) is 3.13. The monoisotopic (exact) mass is 362 g/mol. The average molecular weight is 363 g/mol. The van der Waals surface area contributed by atoms with Gasteiger partial charge in [0.15, 0.2) is 5.60 Å². The van der Waals surface area contributed by atoms with Crippen LogP contribution in [0.1, 0.15) is 71.8 Å². The first kappa shape index (κ1) is 20.9. The van der Waals surface area contributed by atoms with Crippen molar-refractivity contribution in [1.82, 2.24) is 0 Å². The molecule has 0 N–H and O–H groups in total. The first-order chi connectivity index (χ1) is 12.5. The van der Waals surface area contributed by atoms with Crippen molar-refractivity contribution in [3.05, 3.63) is 35.9 Å². The number of rotatable bonds is 9. The van der Waals surface area contributed by atoms with E-state index < -0.39 is 5.60 Å². The molecule has 146 valence electrons. The molecule has 0 aromatic heterocycles. The fraction of sp³-hybridized carbons (Fsp3) is 0.682. The predicted molar refractivity (Wildman–Crippen MR) is 103 cm³/mol. The molecule has 2 rings (SSSR count). The Labute approximate surface area is 158 Å². The van der Waals surface area contributed by atoms with Gasteiger partial charge in [0.25, 0.3) is 0 Å². The Morgan fingerprint density at radius 3 is 2.42 bits per heavy atom. The molecule has 0 bridgehead atoms. The standard InChI is InChI=1S/C22H34O4/c1-5-17(3)25-19-14-10-11-15-20(19)26-21(23)22(4,6-2)24-16-18-12-8-7-9-13-18/h7-9,12-13,17,19-20H,5-6,10-11,14-16H2,1-4H3. The van der Waals surface area contributed by atoms with E-state index in [1.807, 2.05) is 44.2 Å². The van der Waals surface area contributed by atoms with Gasteiger partial charge in [-0.05, 0) is 51.5 Å². The first-order valence-electron chi connectivity index (χ1n) is 10.0. The highest BCUT2D eigenvalue weighted by Gasteiger charge is 2.38. The summed E-state index contributed by atoms with van der Waals surface area (Å²) < 4.78 is 18.0. The molecule has 0 radical (unpaired) electrons. The summed E-state index contributed by atoms with van der Waals surface area (Å²) >= 11 is 0. The summed E-state index contributed by atoms with van der Waals surface area (Å²) in [6, 6.07) is 9.91. The first-order valence-corrected chi connectivity index (χ1v) is 10.0. The summed E-state index contributed by atoms with van der Waals surface area (Å²) in [7, 11) is 0. The van der Waals surface area contributed by atoms with Crippen molar-refractivity contribution < 1.29 is 19.0 Å². The third-order valence-electron chi connectivity index (χ3n) is 5.39. The number of hydrogen-bond donors (Lipinski definition) is 0. The highest BCUT2D eigenvalue weighted by atomic mass is 16.6. The molecule has 0 spiro atoms. The number of ether oxygens (including phenoxy) is 3. The molecule has 4 atom stereocenters. The molecular weight excluding hydrogens is 328 g/mol. The smallest absolute Gasteiger partial charge is 0.338 e. The molecule has 1 aliphatic carbocycles. The van der Waals surface area contributed by atoms with Crippen LogP contribution in [0.15, 0.2) is 30.3 Å². The molecule has 1 aromatic rings. The number of carbonyl (C=O) groups is 1. The largest absolute Gasteiger partial charge is 0.457 e. The Morgan fingerprint density at radius 2 is 1.81 bits per heavy atom. The minimum Gasteiger partial charge on any atom is -0.457 e. The van der Waals surface area contributed by atoms with Crippen molar-refractivity contribution in [2.24, 2.45) is 0 Å². The Bertz CT molecular complexity index is 544. The van der Waals surface area contributed by atoms with Crippen LogP contribution in [-0.4, -0.2) is 29.9 Å². The summed E-state index contributed by atoms with van der Waals surface area (Å²) in [5.41, 5.74) is 0.115. The second kappa shape index (κ2) is 10.1. The maximum atomic E-state index is 12.9. The minimum absolute atomic E-state index is 0.00196. The number of carbonyl (C=O) groups excluding carboxylic acids is 1. The zero-order valence-electron chi connectivity index (χ0n) is 16.7. The summed E-state index contributed by atoms with van der Waals surface area (Å²) in [4.78, 5) is 12.9. The van der Waals surface area contributed by atoms with Gasteiger partial charge in [-0.3, -0.25) is 0 Å². The summed E-state index contributed by atoms with van der Waals surface area (Å²) in [5.74, 6) is -0.277. The minimum atomic E-state index is -0.936. The van der Waals surface area contributed by atoms with Gasteiger partial charge >= 0.3 is 5.97 Å². The van der Waals surface area contributed by atoms with Gasteiger partial charge in [0.2, 0.25) is 0 Å². The SMILES string of the molecule is CCC(C)OC1CCCCC1OC(=O)C(C)(CC)OCc1ccccc1. The van der Waals surface area contributed by atoms with Crippen LogP contribution in [0.2, 0.25) is 0 Å². The van der Waals surface area contributed by atoms with Gasteiger partial charge in [-0.1, -0.05) is 50.6 Å². The van der Waals surface area contributed by atoms with Gasteiger partial charge in [-0.15, -0.1) is 0 Å². The summed E-state index contributed by atoms with van der Waals surface area (Å²) in [6.07, 6.45) is 5.57. The molecule has 1 saturated carbocycles. The van der Waals surface area contributed by atoms with Gasteiger partial charge in [0.1, 0.15) is 6.10 Å². The van der Waals surface area contributed by atoms with Crippen molar-refractivity contribution in [3.63, 3.8) is 0 Å². The van der Waals surface area contributed by atoms with Crippen molar-refractivity contribution >= 4 is 5.97 Å². The molecule has 26 heavy (non-hydrogen) atoms. The highest BCUT2D eigenvalue weighted by molar-refractivity contribution is 5.79. The molecular formula is C22H34O4. The lowest BCUT2D eigenvalue weighted by Crippen LogP contribution is -2.45. The van der Waals surface area contributed by atoms with Crippen LogP contribution >= 0.6 is 0 Å². The van der Waals surface area contributed by atoms with Crippen molar-refractivity contribution in [1.29, 1.82) is 0 Å². The molecule has 4 heteroatoms. The zero-order chi connectivity index (χ0) is 19.0. The van der Waals surface area contributed by atoms with Crippen LogP contribution < -0.4 is 0 Å². The predicted octanol–water partition coefficient (Wildman–Crippen LogP) is 5.04. The van der Waals surface area contributed by atoms with Gasteiger partial charge in [-0.2, -0.15) is 0 Å². The van der Waals surface area contributed by atoms with Crippen LogP contribution in [0.3, 0.4) is 0 Å². The maximum absolute atomic E-state index is 12.9. The van der Waals surface area contributed by atoms with E-state index in [2.05, 4.69) is 13.8 Å². The van der Waals surface area contributed by atoms with E-state index in [0.717, 1.165) is 37.7 Å². The number of benzene rings is 1. The Hall–Kier alpha value is -1.39. The quantitative estimate of drug-likeness (QED) is 0.577. The van der Waals surface area contributed by atoms with Crippen molar-refractivity contribution in [2.45, 2.75) is 96.7 Å². The average Bonchev–Trinajstić information content (AvgIpc) is 2.68.